The quantitative estimate of drug-likeness (QED) is 0.565. The lowest BCUT2D eigenvalue weighted by Gasteiger charge is -2.35. The maximum Gasteiger partial charge on any atom is 0.410 e. The van der Waals surface area contributed by atoms with Crippen LogP contribution in [0.4, 0.5) is 4.79 Å². The molecule has 1 aliphatic rings. The van der Waals surface area contributed by atoms with Gasteiger partial charge in [0.05, 0.1) is 19.8 Å². The Balaban J connectivity index is 2.15. The summed E-state index contributed by atoms with van der Waals surface area (Å²) in [4.78, 5) is 20.3. The van der Waals surface area contributed by atoms with Crippen LogP contribution in [0.15, 0.2) is 0 Å². The van der Waals surface area contributed by atoms with Crippen LogP contribution in [0, 0.1) is 0 Å². The van der Waals surface area contributed by atoms with E-state index in [0.29, 0.717) is 32.9 Å². The molecule has 0 aromatic rings. The topological polar surface area (TPSA) is 77.3 Å². The number of rotatable bonds is 6. The van der Waals surface area contributed by atoms with E-state index in [2.05, 4.69) is 9.74 Å². The zero-order chi connectivity index (χ0) is 15.0. The molecule has 0 bridgehead atoms. The minimum Gasteiger partial charge on any atom is -0.444 e. The molecule has 0 unspecified atom stereocenters. The first-order valence-corrected chi connectivity index (χ1v) is 7.02. The fourth-order valence-corrected chi connectivity index (χ4v) is 1.88. The van der Waals surface area contributed by atoms with Crippen LogP contribution in [0.5, 0.6) is 0 Å². The highest BCUT2D eigenvalue weighted by atomic mass is 16.6. The summed E-state index contributed by atoms with van der Waals surface area (Å²) in [7, 11) is 0. The van der Waals surface area contributed by atoms with Gasteiger partial charge < -0.3 is 19.2 Å². The number of nitrogens with zero attached hydrogens (tertiary/aromatic N) is 2. The predicted molar refractivity (Wildman–Crippen MR) is 75.2 cm³/mol. The van der Waals surface area contributed by atoms with Crippen LogP contribution in [0.25, 0.3) is 0 Å². The zero-order valence-corrected chi connectivity index (χ0v) is 12.8. The average Bonchev–Trinajstić information content (AvgIpc) is 2.37. The van der Waals surface area contributed by atoms with Crippen molar-refractivity contribution >= 4 is 6.09 Å². The van der Waals surface area contributed by atoms with Crippen molar-refractivity contribution in [3.8, 4) is 0 Å². The van der Waals surface area contributed by atoms with Crippen molar-refractivity contribution in [3.05, 3.63) is 0 Å². The van der Waals surface area contributed by atoms with Gasteiger partial charge in [0.25, 0.3) is 0 Å². The molecule has 0 aliphatic carbocycles. The summed E-state index contributed by atoms with van der Waals surface area (Å²) in [5.41, 5.74) is -0.437. The summed E-state index contributed by atoms with van der Waals surface area (Å²) in [6.07, 6.45) is -0.228. The molecular formula is C13H27N3O4. The molecule has 1 heterocycles. The Morgan fingerprint density at radius 3 is 2.30 bits per heavy atom. The Labute approximate surface area is 120 Å². The third-order valence-corrected chi connectivity index (χ3v) is 2.92. The van der Waals surface area contributed by atoms with Crippen LogP contribution < -0.4 is 5.90 Å². The van der Waals surface area contributed by atoms with Gasteiger partial charge in [0, 0.05) is 32.7 Å². The second-order valence-corrected chi connectivity index (χ2v) is 5.79. The van der Waals surface area contributed by atoms with Gasteiger partial charge in [-0.05, 0) is 20.8 Å². The van der Waals surface area contributed by atoms with Gasteiger partial charge in [-0.2, -0.15) is 0 Å². The molecule has 2 N–H and O–H groups in total. The predicted octanol–water partition coefficient (Wildman–Crippen LogP) is 0.446. The molecule has 7 nitrogen and oxygen atoms in total. The van der Waals surface area contributed by atoms with E-state index in [1.165, 1.54) is 0 Å². The minimum absolute atomic E-state index is 0.228. The van der Waals surface area contributed by atoms with Crippen molar-refractivity contribution in [3.63, 3.8) is 0 Å². The van der Waals surface area contributed by atoms with E-state index in [4.69, 9.17) is 15.4 Å². The highest BCUT2D eigenvalue weighted by molar-refractivity contribution is 5.68. The number of nitrogens with two attached hydrogens (primary N) is 1. The molecule has 7 heteroatoms. The largest absolute Gasteiger partial charge is 0.444 e. The van der Waals surface area contributed by atoms with Gasteiger partial charge in [-0.15, -0.1) is 0 Å². The van der Waals surface area contributed by atoms with Gasteiger partial charge >= 0.3 is 6.09 Å². The van der Waals surface area contributed by atoms with Gasteiger partial charge in [-0.25, -0.2) is 10.7 Å². The van der Waals surface area contributed by atoms with Crippen LogP contribution in [0.3, 0.4) is 0 Å². The molecule has 118 valence electrons. The van der Waals surface area contributed by atoms with Crippen LogP contribution in [0.2, 0.25) is 0 Å². The van der Waals surface area contributed by atoms with E-state index in [9.17, 15) is 4.79 Å². The van der Waals surface area contributed by atoms with Crippen molar-refractivity contribution in [2.24, 2.45) is 5.90 Å². The van der Waals surface area contributed by atoms with E-state index >= 15 is 0 Å². The first kappa shape index (κ1) is 17.2. The summed E-state index contributed by atoms with van der Waals surface area (Å²) in [6.45, 7) is 11.1. The molecule has 0 aromatic heterocycles. The maximum atomic E-state index is 11.9. The second kappa shape index (κ2) is 8.41. The van der Waals surface area contributed by atoms with Crippen molar-refractivity contribution in [2.45, 2.75) is 26.4 Å². The third-order valence-electron chi connectivity index (χ3n) is 2.92. The lowest BCUT2D eigenvalue weighted by molar-refractivity contribution is 0.00813. The standard InChI is InChI=1S/C13H27N3O4/c1-13(2,3)20-12(17)16-6-4-15(5-7-16)8-9-18-10-11-19-14/h4-11,14H2,1-3H3. The van der Waals surface area contributed by atoms with Gasteiger partial charge in [0.15, 0.2) is 0 Å². The van der Waals surface area contributed by atoms with E-state index in [1.807, 2.05) is 20.8 Å². The zero-order valence-electron chi connectivity index (χ0n) is 12.8. The Kier molecular flexibility index (Phi) is 7.22. The number of carbonyl (C=O) groups excluding carboxylic acids is 1. The molecule has 1 amide bonds. The second-order valence-electron chi connectivity index (χ2n) is 5.79. The number of ether oxygens (including phenoxy) is 2. The van der Waals surface area contributed by atoms with E-state index in [0.717, 1.165) is 19.6 Å². The normalized spacial score (nSPS) is 17.3. The van der Waals surface area contributed by atoms with Crippen LogP contribution in [0.1, 0.15) is 20.8 Å². The molecule has 0 spiro atoms. The summed E-state index contributed by atoms with van der Waals surface area (Å²) >= 11 is 0. The van der Waals surface area contributed by atoms with Gasteiger partial charge in [0.1, 0.15) is 5.60 Å². The lowest BCUT2D eigenvalue weighted by atomic mass is 10.2. The molecule has 0 saturated carbocycles. The highest BCUT2D eigenvalue weighted by Gasteiger charge is 2.25. The molecule has 1 rings (SSSR count). The Hall–Kier alpha value is -0.890. The van der Waals surface area contributed by atoms with Crippen LogP contribution >= 0.6 is 0 Å². The highest BCUT2D eigenvalue weighted by Crippen LogP contribution is 2.11. The molecule has 0 atom stereocenters. The van der Waals surface area contributed by atoms with Gasteiger partial charge in [-0.3, -0.25) is 4.90 Å². The number of hydrogen-bond donors (Lipinski definition) is 1. The first-order valence-electron chi connectivity index (χ1n) is 7.02. The lowest BCUT2D eigenvalue weighted by Crippen LogP contribution is -2.50. The number of hydrogen-bond acceptors (Lipinski definition) is 6. The van der Waals surface area contributed by atoms with Gasteiger partial charge in [-0.1, -0.05) is 0 Å². The Morgan fingerprint density at radius 1 is 1.10 bits per heavy atom. The smallest absolute Gasteiger partial charge is 0.410 e. The fourth-order valence-electron chi connectivity index (χ4n) is 1.88. The Morgan fingerprint density at radius 2 is 1.75 bits per heavy atom. The molecule has 0 radical (unpaired) electrons. The first-order chi connectivity index (χ1) is 9.42. The van der Waals surface area contributed by atoms with E-state index in [-0.39, 0.29) is 6.09 Å². The van der Waals surface area contributed by atoms with E-state index < -0.39 is 5.60 Å². The average molecular weight is 289 g/mol. The van der Waals surface area contributed by atoms with Crippen LogP contribution in [-0.4, -0.2) is 74.0 Å². The SMILES string of the molecule is CC(C)(C)OC(=O)N1CCN(CCOCCON)CC1. The molecule has 1 saturated heterocycles. The summed E-state index contributed by atoms with van der Waals surface area (Å²) < 4.78 is 10.7. The molecular weight excluding hydrogens is 262 g/mol. The van der Waals surface area contributed by atoms with Crippen molar-refractivity contribution in [1.29, 1.82) is 0 Å². The van der Waals surface area contributed by atoms with E-state index in [1.54, 1.807) is 4.90 Å². The molecule has 0 aromatic carbocycles. The monoisotopic (exact) mass is 289 g/mol. The van der Waals surface area contributed by atoms with Crippen LogP contribution in [-0.2, 0) is 14.3 Å². The van der Waals surface area contributed by atoms with Crippen molar-refractivity contribution < 1.29 is 19.1 Å². The molecule has 1 aliphatic heterocycles. The summed E-state index contributed by atoms with van der Waals surface area (Å²) in [5, 5.41) is 0. The summed E-state index contributed by atoms with van der Waals surface area (Å²) in [6, 6.07) is 0. The fraction of sp³-hybridized carbons (Fsp3) is 0.923. The number of piperazine rings is 1. The molecule has 1 fully saturated rings. The minimum atomic E-state index is -0.437. The number of amides is 1. The van der Waals surface area contributed by atoms with Crippen molar-refractivity contribution in [2.75, 3.05) is 52.5 Å². The molecule has 20 heavy (non-hydrogen) atoms. The number of carbonyl (C=O) groups is 1. The van der Waals surface area contributed by atoms with Gasteiger partial charge in [0.2, 0.25) is 0 Å². The summed E-state index contributed by atoms with van der Waals surface area (Å²) in [5.74, 6) is 4.90. The van der Waals surface area contributed by atoms with Crippen molar-refractivity contribution in [1.82, 2.24) is 9.80 Å². The third kappa shape index (κ3) is 7.04. The Bertz CT molecular complexity index is 286. The maximum absolute atomic E-state index is 11.9.